The Kier molecular flexibility index (Phi) is 6.86. The molecule has 2 fully saturated rings. The minimum Gasteiger partial charge on any atom is -0.305 e. The normalized spacial score (nSPS) is 17.9. The van der Waals surface area contributed by atoms with Gasteiger partial charge >= 0.3 is 6.03 Å². The average Bonchev–Trinajstić information content (AvgIpc) is 3.08. The van der Waals surface area contributed by atoms with Gasteiger partial charge in [-0.3, -0.25) is 24.6 Å². The van der Waals surface area contributed by atoms with E-state index in [4.69, 9.17) is 0 Å². The number of benzene rings is 1. The molecule has 0 atom stereocenters. The van der Waals surface area contributed by atoms with Crippen molar-refractivity contribution in [3.05, 3.63) is 96.1 Å². The topological polar surface area (TPSA) is 69.6 Å². The van der Waals surface area contributed by atoms with Gasteiger partial charge in [0.1, 0.15) is 5.54 Å². The molecular weight excluding hydrogens is 438 g/mol. The van der Waals surface area contributed by atoms with E-state index in [2.05, 4.69) is 14.9 Å². The highest BCUT2D eigenvalue weighted by Gasteiger charge is 2.57. The highest BCUT2D eigenvalue weighted by atomic mass is 16.2. The van der Waals surface area contributed by atoms with Gasteiger partial charge in [0.05, 0.1) is 0 Å². The Morgan fingerprint density at radius 3 is 2.20 bits per heavy atom. The first kappa shape index (κ1) is 23.2. The molecule has 0 saturated carbocycles. The first-order valence-electron chi connectivity index (χ1n) is 12.3. The number of urea groups is 1. The summed E-state index contributed by atoms with van der Waals surface area (Å²) in [6.45, 7) is 3.26. The van der Waals surface area contributed by atoms with Crippen LogP contribution >= 0.6 is 0 Å². The lowest BCUT2D eigenvalue weighted by Gasteiger charge is -2.42. The van der Waals surface area contributed by atoms with Gasteiger partial charge in [-0.15, -0.1) is 0 Å². The quantitative estimate of drug-likeness (QED) is 0.468. The summed E-state index contributed by atoms with van der Waals surface area (Å²) in [7, 11) is 0. The number of hydrogen-bond donors (Lipinski definition) is 0. The summed E-state index contributed by atoms with van der Waals surface area (Å²) in [5.41, 5.74) is 2.61. The van der Waals surface area contributed by atoms with Crippen LogP contribution in [0.3, 0.4) is 0 Å². The molecule has 1 aromatic carbocycles. The first-order valence-corrected chi connectivity index (χ1v) is 12.3. The number of likely N-dealkylation sites (tertiary alicyclic amines) is 1. The lowest BCUT2D eigenvalue weighted by atomic mass is 9.85. The third kappa shape index (κ3) is 4.95. The van der Waals surface area contributed by atoms with Crippen molar-refractivity contribution < 1.29 is 9.59 Å². The van der Waals surface area contributed by atoms with E-state index in [9.17, 15) is 9.59 Å². The fourth-order valence-corrected chi connectivity index (χ4v) is 5.26. The minimum atomic E-state index is -0.768. The third-order valence-corrected chi connectivity index (χ3v) is 7.21. The van der Waals surface area contributed by atoms with Crippen LogP contribution in [0.2, 0.25) is 0 Å². The first-order chi connectivity index (χ1) is 17.2. The van der Waals surface area contributed by atoms with E-state index in [0.717, 1.165) is 43.6 Å². The highest BCUT2D eigenvalue weighted by molar-refractivity contribution is 6.07. The molecule has 2 saturated heterocycles. The number of carbonyl (C=O) groups excluding carboxylic acids is 2. The molecule has 3 aromatic rings. The van der Waals surface area contributed by atoms with Crippen LogP contribution < -0.4 is 0 Å². The number of carbonyl (C=O) groups is 2. The standard InChI is InChI=1S/C28H31N5O2/c34-26-28(12-18-31(19-13-28)21-25-10-15-29-16-11-25)33(22-24-6-2-1-3-7-24)27(35)32(26)17-5-9-23-8-4-14-30-20-23/h1-4,6-8,10-11,14-16,20H,5,9,12-13,17-19,21-22H2. The van der Waals surface area contributed by atoms with E-state index in [1.807, 2.05) is 78.1 Å². The fourth-order valence-electron chi connectivity index (χ4n) is 5.26. The summed E-state index contributed by atoms with van der Waals surface area (Å²) in [5.74, 6) is -0.0341. The molecule has 1 spiro atoms. The van der Waals surface area contributed by atoms with E-state index in [0.29, 0.717) is 25.9 Å². The summed E-state index contributed by atoms with van der Waals surface area (Å²) in [5, 5.41) is 0. The number of piperidine rings is 1. The Labute approximate surface area is 206 Å². The molecule has 35 heavy (non-hydrogen) atoms. The largest absolute Gasteiger partial charge is 0.327 e. The number of aromatic nitrogens is 2. The number of imide groups is 1. The number of amides is 3. The smallest absolute Gasteiger partial charge is 0.305 e. The van der Waals surface area contributed by atoms with Crippen LogP contribution in [0.25, 0.3) is 0 Å². The highest BCUT2D eigenvalue weighted by Crippen LogP contribution is 2.39. The van der Waals surface area contributed by atoms with Crippen molar-refractivity contribution in [1.29, 1.82) is 0 Å². The fraction of sp³-hybridized carbons (Fsp3) is 0.357. The van der Waals surface area contributed by atoms with E-state index < -0.39 is 5.54 Å². The van der Waals surface area contributed by atoms with Crippen molar-refractivity contribution in [2.75, 3.05) is 19.6 Å². The van der Waals surface area contributed by atoms with Crippen molar-refractivity contribution in [3.8, 4) is 0 Å². The van der Waals surface area contributed by atoms with Gasteiger partial charge < -0.3 is 4.90 Å². The zero-order chi connectivity index (χ0) is 24.1. The monoisotopic (exact) mass is 469 g/mol. The van der Waals surface area contributed by atoms with Gasteiger partial charge in [-0.25, -0.2) is 4.79 Å². The SMILES string of the molecule is O=C1N(CCCc2cccnc2)C(=O)C2(CCN(Cc3ccncc3)CC2)N1Cc1ccccc1. The van der Waals surface area contributed by atoms with Gasteiger partial charge in [-0.2, -0.15) is 0 Å². The van der Waals surface area contributed by atoms with E-state index in [1.165, 1.54) is 10.5 Å². The van der Waals surface area contributed by atoms with Crippen LogP contribution in [-0.4, -0.2) is 61.8 Å². The van der Waals surface area contributed by atoms with E-state index >= 15 is 0 Å². The second-order valence-electron chi connectivity index (χ2n) is 9.44. The third-order valence-electron chi connectivity index (χ3n) is 7.21. The van der Waals surface area contributed by atoms with Crippen LogP contribution in [0.1, 0.15) is 36.0 Å². The summed E-state index contributed by atoms with van der Waals surface area (Å²) in [6, 6.07) is 17.8. The Hall–Kier alpha value is -3.58. The molecule has 7 heteroatoms. The Morgan fingerprint density at radius 2 is 1.49 bits per heavy atom. The summed E-state index contributed by atoms with van der Waals surface area (Å²) in [6.07, 6.45) is 10.0. The predicted molar refractivity (Wildman–Crippen MR) is 133 cm³/mol. The molecule has 0 aliphatic carbocycles. The molecule has 2 aliphatic heterocycles. The summed E-state index contributed by atoms with van der Waals surface area (Å²) < 4.78 is 0. The second kappa shape index (κ2) is 10.4. The zero-order valence-electron chi connectivity index (χ0n) is 19.9. The van der Waals surface area contributed by atoms with Gasteiger partial charge in [0, 0.05) is 57.5 Å². The molecule has 0 unspecified atom stereocenters. The Bertz CT molecular complexity index is 1130. The number of aryl methyl sites for hydroxylation is 1. The van der Waals surface area contributed by atoms with Crippen LogP contribution in [0.4, 0.5) is 4.79 Å². The molecule has 3 amide bonds. The van der Waals surface area contributed by atoms with Crippen LogP contribution in [0.5, 0.6) is 0 Å². The van der Waals surface area contributed by atoms with Crippen molar-refractivity contribution in [1.82, 2.24) is 24.7 Å². The van der Waals surface area contributed by atoms with Crippen LogP contribution in [0.15, 0.2) is 79.4 Å². The molecule has 7 nitrogen and oxygen atoms in total. The van der Waals surface area contributed by atoms with Gasteiger partial charge in [-0.1, -0.05) is 36.4 Å². The maximum atomic E-state index is 13.8. The molecule has 0 bridgehead atoms. The number of pyridine rings is 2. The zero-order valence-corrected chi connectivity index (χ0v) is 19.9. The molecule has 2 aliphatic rings. The van der Waals surface area contributed by atoms with Gasteiger partial charge in [0.2, 0.25) is 0 Å². The van der Waals surface area contributed by atoms with Crippen LogP contribution in [-0.2, 0) is 24.3 Å². The van der Waals surface area contributed by atoms with Gasteiger partial charge in [0.15, 0.2) is 0 Å². The molecule has 2 aromatic heterocycles. The molecule has 180 valence electrons. The van der Waals surface area contributed by atoms with Gasteiger partial charge in [-0.05, 0) is 60.6 Å². The predicted octanol–water partition coefficient (Wildman–Crippen LogP) is 3.91. The van der Waals surface area contributed by atoms with Crippen LogP contribution in [0, 0.1) is 0 Å². The van der Waals surface area contributed by atoms with E-state index in [-0.39, 0.29) is 11.9 Å². The molecular formula is C28H31N5O2. The lowest BCUT2D eigenvalue weighted by molar-refractivity contribution is -0.136. The van der Waals surface area contributed by atoms with Crippen molar-refractivity contribution in [2.24, 2.45) is 0 Å². The molecule has 0 radical (unpaired) electrons. The summed E-state index contributed by atoms with van der Waals surface area (Å²) in [4.78, 5) is 41.4. The minimum absolute atomic E-state index is 0.0341. The number of nitrogens with zero attached hydrogens (tertiary/aromatic N) is 5. The summed E-state index contributed by atoms with van der Waals surface area (Å²) >= 11 is 0. The molecule has 4 heterocycles. The van der Waals surface area contributed by atoms with Crippen molar-refractivity contribution >= 4 is 11.9 Å². The van der Waals surface area contributed by atoms with Gasteiger partial charge in [0.25, 0.3) is 5.91 Å². The molecule has 0 N–H and O–H groups in total. The Morgan fingerprint density at radius 1 is 0.771 bits per heavy atom. The second-order valence-corrected chi connectivity index (χ2v) is 9.44. The lowest BCUT2D eigenvalue weighted by Crippen LogP contribution is -2.56. The number of rotatable bonds is 8. The van der Waals surface area contributed by atoms with E-state index in [1.54, 1.807) is 6.20 Å². The maximum Gasteiger partial charge on any atom is 0.327 e. The van der Waals surface area contributed by atoms with Crippen molar-refractivity contribution in [2.45, 2.75) is 44.3 Å². The average molecular weight is 470 g/mol. The van der Waals surface area contributed by atoms with Crippen molar-refractivity contribution in [3.63, 3.8) is 0 Å². The molecule has 5 rings (SSSR count). The number of hydrogen-bond acceptors (Lipinski definition) is 5. The maximum absolute atomic E-state index is 13.8. The Balaban J connectivity index is 1.31.